The van der Waals surface area contributed by atoms with Crippen LogP contribution in [0, 0.1) is 6.92 Å². The molecule has 1 aliphatic rings. The number of anilines is 2. The summed E-state index contributed by atoms with van der Waals surface area (Å²) in [4.78, 5) is 14.9. The molecule has 0 saturated carbocycles. The molecule has 0 fully saturated rings. The molecule has 3 heteroatoms. The van der Waals surface area contributed by atoms with E-state index in [1.807, 2.05) is 55.5 Å². The van der Waals surface area contributed by atoms with E-state index in [4.69, 9.17) is 0 Å². The molecular formula is C23H22N2O. The quantitative estimate of drug-likeness (QED) is 0.738. The van der Waals surface area contributed by atoms with Gasteiger partial charge in [0.2, 0.25) is 0 Å². The molecule has 0 aromatic heterocycles. The number of amides is 1. The minimum Gasteiger partial charge on any atom is -0.367 e. The minimum absolute atomic E-state index is 0.0719. The number of rotatable bonds is 4. The van der Waals surface area contributed by atoms with Gasteiger partial charge in [-0.2, -0.15) is 0 Å². The van der Waals surface area contributed by atoms with Crippen LogP contribution in [-0.4, -0.2) is 12.5 Å². The highest BCUT2D eigenvalue weighted by Gasteiger charge is 2.18. The van der Waals surface area contributed by atoms with E-state index in [0.717, 1.165) is 30.8 Å². The molecule has 130 valence electrons. The van der Waals surface area contributed by atoms with Crippen molar-refractivity contribution in [1.82, 2.24) is 0 Å². The third kappa shape index (κ3) is 3.33. The summed E-state index contributed by atoms with van der Waals surface area (Å²) in [5, 5.41) is 2.98. The Bertz CT molecular complexity index is 931. The van der Waals surface area contributed by atoms with Crippen molar-refractivity contribution < 1.29 is 4.79 Å². The van der Waals surface area contributed by atoms with Crippen LogP contribution in [0.25, 0.3) is 0 Å². The molecule has 0 unspecified atom stereocenters. The Balaban J connectivity index is 1.44. The number of fused-ring (bicyclic) bond motifs is 1. The number of hydrogen-bond acceptors (Lipinski definition) is 2. The van der Waals surface area contributed by atoms with E-state index < -0.39 is 0 Å². The third-order valence-electron chi connectivity index (χ3n) is 4.97. The molecule has 26 heavy (non-hydrogen) atoms. The molecule has 1 amide bonds. The number of carbonyl (C=O) groups is 1. The van der Waals surface area contributed by atoms with Crippen LogP contribution in [0.4, 0.5) is 11.4 Å². The molecule has 0 saturated heterocycles. The van der Waals surface area contributed by atoms with Crippen LogP contribution in [0.5, 0.6) is 0 Å². The van der Waals surface area contributed by atoms with Crippen LogP contribution in [-0.2, 0) is 13.0 Å². The molecule has 1 heterocycles. The fourth-order valence-corrected chi connectivity index (χ4v) is 3.46. The number of carbonyl (C=O) groups excluding carboxylic acids is 1. The Hall–Kier alpha value is -3.07. The van der Waals surface area contributed by atoms with Crippen LogP contribution < -0.4 is 10.2 Å². The molecule has 1 N–H and O–H groups in total. The van der Waals surface area contributed by atoms with Gasteiger partial charge in [-0.1, -0.05) is 48.5 Å². The molecule has 0 bridgehead atoms. The van der Waals surface area contributed by atoms with E-state index in [9.17, 15) is 4.79 Å². The zero-order valence-electron chi connectivity index (χ0n) is 14.9. The van der Waals surface area contributed by atoms with E-state index >= 15 is 0 Å². The maximum atomic E-state index is 12.5. The molecule has 0 atom stereocenters. The number of nitrogens with zero attached hydrogens (tertiary/aromatic N) is 1. The molecule has 0 spiro atoms. The van der Waals surface area contributed by atoms with Crippen molar-refractivity contribution in [1.29, 1.82) is 0 Å². The van der Waals surface area contributed by atoms with Crippen molar-refractivity contribution in [3.05, 3.63) is 95.1 Å². The Morgan fingerprint density at radius 3 is 2.50 bits per heavy atom. The summed E-state index contributed by atoms with van der Waals surface area (Å²) in [6, 6.07) is 24.3. The van der Waals surface area contributed by atoms with Gasteiger partial charge in [0.05, 0.1) is 0 Å². The Labute approximate surface area is 154 Å². The van der Waals surface area contributed by atoms with Crippen molar-refractivity contribution in [2.45, 2.75) is 19.9 Å². The normalized spacial score (nSPS) is 12.7. The first kappa shape index (κ1) is 16.4. The summed E-state index contributed by atoms with van der Waals surface area (Å²) in [6.07, 6.45) is 1.10. The van der Waals surface area contributed by atoms with E-state index in [2.05, 4.69) is 34.5 Å². The molecule has 3 aromatic rings. The van der Waals surface area contributed by atoms with Crippen molar-refractivity contribution in [3.8, 4) is 0 Å². The smallest absolute Gasteiger partial charge is 0.255 e. The Kier molecular flexibility index (Phi) is 4.44. The first-order chi connectivity index (χ1) is 12.7. The first-order valence-corrected chi connectivity index (χ1v) is 8.99. The average Bonchev–Trinajstić information content (AvgIpc) is 3.07. The number of para-hydroxylation sites is 2. The van der Waals surface area contributed by atoms with Gasteiger partial charge in [-0.3, -0.25) is 4.79 Å². The number of aryl methyl sites for hydroxylation is 1. The molecular weight excluding hydrogens is 320 g/mol. The monoisotopic (exact) mass is 342 g/mol. The summed E-state index contributed by atoms with van der Waals surface area (Å²) < 4.78 is 0. The molecule has 0 radical (unpaired) electrons. The molecule has 4 rings (SSSR count). The second kappa shape index (κ2) is 7.04. The van der Waals surface area contributed by atoms with Crippen LogP contribution >= 0.6 is 0 Å². The molecule has 3 nitrogen and oxygen atoms in total. The maximum Gasteiger partial charge on any atom is 0.255 e. The number of benzene rings is 3. The zero-order valence-corrected chi connectivity index (χ0v) is 14.9. The van der Waals surface area contributed by atoms with Crippen molar-refractivity contribution in [2.24, 2.45) is 0 Å². The molecule has 0 aliphatic carbocycles. The summed E-state index contributed by atoms with van der Waals surface area (Å²) in [6.45, 7) is 3.91. The highest BCUT2D eigenvalue weighted by atomic mass is 16.1. The van der Waals surface area contributed by atoms with Crippen LogP contribution in [0.1, 0.15) is 27.0 Å². The lowest BCUT2D eigenvalue weighted by Crippen LogP contribution is -2.19. The van der Waals surface area contributed by atoms with Crippen molar-refractivity contribution in [2.75, 3.05) is 16.8 Å². The van der Waals surface area contributed by atoms with E-state index in [-0.39, 0.29) is 5.91 Å². The molecule has 3 aromatic carbocycles. The second-order valence-electron chi connectivity index (χ2n) is 6.77. The fourth-order valence-electron chi connectivity index (χ4n) is 3.46. The van der Waals surface area contributed by atoms with Gasteiger partial charge < -0.3 is 10.2 Å². The van der Waals surface area contributed by atoms with Gasteiger partial charge >= 0.3 is 0 Å². The van der Waals surface area contributed by atoms with Gasteiger partial charge in [0, 0.05) is 30.0 Å². The predicted molar refractivity (Wildman–Crippen MR) is 107 cm³/mol. The van der Waals surface area contributed by atoms with Crippen molar-refractivity contribution in [3.63, 3.8) is 0 Å². The summed E-state index contributed by atoms with van der Waals surface area (Å²) in [5.74, 6) is -0.0719. The highest BCUT2D eigenvalue weighted by Crippen LogP contribution is 2.28. The number of nitrogens with one attached hydrogen (secondary N) is 1. The van der Waals surface area contributed by atoms with Gasteiger partial charge in [-0.15, -0.1) is 0 Å². The largest absolute Gasteiger partial charge is 0.367 e. The summed E-state index contributed by atoms with van der Waals surface area (Å²) in [5.41, 5.74) is 6.56. The van der Waals surface area contributed by atoms with Gasteiger partial charge in [-0.05, 0) is 54.3 Å². The molecule has 1 aliphatic heterocycles. The number of hydrogen-bond donors (Lipinski definition) is 1. The average molecular weight is 342 g/mol. The Morgan fingerprint density at radius 2 is 1.69 bits per heavy atom. The van der Waals surface area contributed by atoms with Crippen LogP contribution in [0.15, 0.2) is 72.8 Å². The summed E-state index contributed by atoms with van der Waals surface area (Å²) >= 11 is 0. The van der Waals surface area contributed by atoms with E-state index in [0.29, 0.717) is 5.56 Å². The standard InChI is InChI=1S/C23H22N2O/c1-17-6-2-4-8-21(17)24-23(26)20-12-10-18(11-13-20)16-25-15-14-19-7-3-5-9-22(19)25/h2-13H,14-16H2,1H3,(H,24,26). The second-order valence-corrected chi connectivity index (χ2v) is 6.77. The fraction of sp³-hybridized carbons (Fsp3) is 0.174. The first-order valence-electron chi connectivity index (χ1n) is 8.99. The van der Waals surface area contributed by atoms with Crippen molar-refractivity contribution >= 4 is 17.3 Å². The Morgan fingerprint density at radius 1 is 0.962 bits per heavy atom. The predicted octanol–water partition coefficient (Wildman–Crippen LogP) is 4.81. The lowest BCUT2D eigenvalue weighted by atomic mass is 10.1. The third-order valence-corrected chi connectivity index (χ3v) is 4.97. The van der Waals surface area contributed by atoms with Crippen LogP contribution in [0.2, 0.25) is 0 Å². The van der Waals surface area contributed by atoms with Gasteiger partial charge in [0.15, 0.2) is 0 Å². The maximum absolute atomic E-state index is 12.5. The van der Waals surface area contributed by atoms with Crippen LogP contribution in [0.3, 0.4) is 0 Å². The van der Waals surface area contributed by atoms with E-state index in [1.54, 1.807) is 0 Å². The lowest BCUT2D eigenvalue weighted by molar-refractivity contribution is 0.102. The summed E-state index contributed by atoms with van der Waals surface area (Å²) in [7, 11) is 0. The van der Waals surface area contributed by atoms with E-state index in [1.165, 1.54) is 16.8 Å². The van der Waals surface area contributed by atoms with Gasteiger partial charge in [0.1, 0.15) is 0 Å². The SMILES string of the molecule is Cc1ccccc1NC(=O)c1ccc(CN2CCc3ccccc32)cc1. The lowest BCUT2D eigenvalue weighted by Gasteiger charge is -2.19. The van der Waals surface area contributed by atoms with Gasteiger partial charge in [-0.25, -0.2) is 0 Å². The topological polar surface area (TPSA) is 32.3 Å². The minimum atomic E-state index is -0.0719. The van der Waals surface area contributed by atoms with Gasteiger partial charge in [0.25, 0.3) is 5.91 Å². The zero-order chi connectivity index (χ0) is 17.9. The highest BCUT2D eigenvalue weighted by molar-refractivity contribution is 6.04.